The van der Waals surface area contributed by atoms with Gasteiger partial charge in [0.25, 0.3) is 0 Å². The number of hydrogen-bond donors (Lipinski definition) is 0. The molecular weight excluding hydrogens is 200 g/mol. The van der Waals surface area contributed by atoms with Gasteiger partial charge in [0.05, 0.1) is 6.07 Å². The molecule has 84 valence electrons. The van der Waals surface area contributed by atoms with E-state index in [2.05, 4.69) is 0 Å². The third kappa shape index (κ3) is 4.14. The van der Waals surface area contributed by atoms with Crippen LogP contribution in [0.5, 0.6) is 0 Å². The smallest absolute Gasteiger partial charge is 0.223 e. The minimum absolute atomic E-state index is 0.0393. The van der Waals surface area contributed by atoms with Crippen molar-refractivity contribution in [2.24, 2.45) is 0 Å². The highest BCUT2D eigenvalue weighted by atomic mass is 16.2. The number of likely N-dealkylation sites (N-methyl/N-ethyl adjacent to an activating group) is 1. The van der Waals surface area contributed by atoms with Crippen LogP contribution in [-0.4, -0.2) is 24.4 Å². The van der Waals surface area contributed by atoms with E-state index in [4.69, 9.17) is 5.26 Å². The third-order valence-electron chi connectivity index (χ3n) is 2.46. The molecule has 1 aromatic carbocycles. The molecule has 16 heavy (non-hydrogen) atoms. The summed E-state index contributed by atoms with van der Waals surface area (Å²) < 4.78 is 0. The van der Waals surface area contributed by atoms with E-state index in [9.17, 15) is 4.79 Å². The van der Waals surface area contributed by atoms with Gasteiger partial charge in [-0.15, -0.1) is 0 Å². The largest absolute Gasteiger partial charge is 0.345 e. The van der Waals surface area contributed by atoms with Crippen LogP contribution in [0, 0.1) is 11.3 Å². The maximum atomic E-state index is 11.5. The van der Waals surface area contributed by atoms with Crippen molar-refractivity contribution in [3.8, 4) is 6.07 Å². The average molecular weight is 216 g/mol. The second kappa shape index (κ2) is 6.62. The van der Waals surface area contributed by atoms with Gasteiger partial charge < -0.3 is 4.90 Å². The van der Waals surface area contributed by atoms with Gasteiger partial charge in [-0.05, 0) is 12.0 Å². The average Bonchev–Trinajstić information content (AvgIpc) is 2.34. The Hall–Kier alpha value is -1.82. The van der Waals surface area contributed by atoms with Crippen molar-refractivity contribution in [1.82, 2.24) is 4.90 Å². The molecule has 0 saturated carbocycles. The van der Waals surface area contributed by atoms with Crippen molar-refractivity contribution in [2.75, 3.05) is 13.6 Å². The van der Waals surface area contributed by atoms with E-state index in [1.165, 1.54) is 5.56 Å². The molecule has 0 atom stereocenters. The molecule has 0 aliphatic rings. The maximum absolute atomic E-state index is 11.5. The number of hydrogen-bond acceptors (Lipinski definition) is 2. The van der Waals surface area contributed by atoms with Gasteiger partial charge in [-0.2, -0.15) is 5.26 Å². The Balaban J connectivity index is 2.33. The summed E-state index contributed by atoms with van der Waals surface area (Å²) in [7, 11) is 1.78. The molecule has 0 radical (unpaired) electrons. The lowest BCUT2D eigenvalue weighted by molar-refractivity contribution is -0.129. The summed E-state index contributed by atoms with van der Waals surface area (Å²) in [6, 6.07) is 12.0. The van der Waals surface area contributed by atoms with Gasteiger partial charge in [0.15, 0.2) is 0 Å². The van der Waals surface area contributed by atoms with Crippen LogP contribution in [0.2, 0.25) is 0 Å². The Morgan fingerprint density at radius 1 is 1.38 bits per heavy atom. The lowest BCUT2D eigenvalue weighted by Crippen LogP contribution is -2.28. The quantitative estimate of drug-likeness (QED) is 0.755. The predicted octanol–water partition coefficient (Wildman–Crippen LogP) is 1.99. The monoisotopic (exact) mass is 216 g/mol. The van der Waals surface area contributed by atoms with Gasteiger partial charge in [-0.3, -0.25) is 4.79 Å². The molecular formula is C13H16N2O. The maximum Gasteiger partial charge on any atom is 0.223 e. The normalized spacial score (nSPS) is 9.50. The molecule has 0 spiro atoms. The Morgan fingerprint density at radius 2 is 2.06 bits per heavy atom. The Morgan fingerprint density at radius 3 is 2.69 bits per heavy atom. The Labute approximate surface area is 96.3 Å². The van der Waals surface area contributed by atoms with Crippen molar-refractivity contribution >= 4 is 5.91 Å². The first-order valence-electron chi connectivity index (χ1n) is 5.39. The number of carbonyl (C=O) groups is 1. The van der Waals surface area contributed by atoms with Gasteiger partial charge in [0.2, 0.25) is 5.91 Å². The molecule has 0 saturated heterocycles. The van der Waals surface area contributed by atoms with Crippen LogP contribution in [0.15, 0.2) is 30.3 Å². The molecule has 0 N–H and O–H groups in total. The number of nitriles is 1. The van der Waals surface area contributed by atoms with Gasteiger partial charge in [0, 0.05) is 26.4 Å². The van der Waals surface area contributed by atoms with Crippen LogP contribution in [0.1, 0.15) is 18.4 Å². The molecule has 3 nitrogen and oxygen atoms in total. The standard InChI is InChI=1S/C13H16N2O/c1-15(13(16)8-5-10-14)11-9-12-6-3-2-4-7-12/h2-4,6-7H,5,8-9,11H2,1H3. The minimum Gasteiger partial charge on any atom is -0.345 e. The number of benzene rings is 1. The fraction of sp³-hybridized carbons (Fsp3) is 0.385. The van der Waals surface area contributed by atoms with Crippen molar-refractivity contribution in [2.45, 2.75) is 19.3 Å². The SMILES string of the molecule is CN(CCc1ccccc1)C(=O)CCC#N. The van der Waals surface area contributed by atoms with Crippen LogP contribution in [0.4, 0.5) is 0 Å². The molecule has 0 aliphatic heterocycles. The summed E-state index contributed by atoms with van der Waals surface area (Å²) in [5, 5.41) is 8.38. The molecule has 0 aliphatic carbocycles. The molecule has 0 aromatic heterocycles. The summed E-state index contributed by atoms with van der Waals surface area (Å²) >= 11 is 0. The number of amides is 1. The van der Waals surface area contributed by atoms with Crippen LogP contribution >= 0.6 is 0 Å². The van der Waals surface area contributed by atoms with Crippen molar-refractivity contribution in [1.29, 1.82) is 5.26 Å². The topological polar surface area (TPSA) is 44.1 Å². The highest BCUT2D eigenvalue weighted by molar-refractivity contribution is 5.76. The van der Waals surface area contributed by atoms with Crippen molar-refractivity contribution in [3.05, 3.63) is 35.9 Å². The zero-order valence-corrected chi connectivity index (χ0v) is 9.52. The first-order valence-corrected chi connectivity index (χ1v) is 5.39. The fourth-order valence-electron chi connectivity index (χ4n) is 1.42. The van der Waals surface area contributed by atoms with Crippen LogP contribution in [0.25, 0.3) is 0 Å². The van der Waals surface area contributed by atoms with Crippen molar-refractivity contribution in [3.63, 3.8) is 0 Å². The summed E-state index contributed by atoms with van der Waals surface area (Å²) in [6.07, 6.45) is 1.48. The van der Waals surface area contributed by atoms with Gasteiger partial charge in [-0.1, -0.05) is 30.3 Å². The molecule has 0 fully saturated rings. The second-order valence-electron chi connectivity index (χ2n) is 3.71. The van der Waals surface area contributed by atoms with Crippen LogP contribution in [0.3, 0.4) is 0 Å². The van der Waals surface area contributed by atoms with E-state index >= 15 is 0 Å². The first-order chi connectivity index (χ1) is 7.74. The van der Waals surface area contributed by atoms with E-state index in [1.54, 1.807) is 11.9 Å². The zero-order chi connectivity index (χ0) is 11.8. The molecule has 0 unspecified atom stereocenters. The fourth-order valence-corrected chi connectivity index (χ4v) is 1.42. The first kappa shape index (κ1) is 12.3. The van der Waals surface area contributed by atoms with Gasteiger partial charge >= 0.3 is 0 Å². The molecule has 0 heterocycles. The summed E-state index contributed by atoms with van der Waals surface area (Å²) in [5.41, 5.74) is 1.22. The second-order valence-corrected chi connectivity index (χ2v) is 3.71. The molecule has 1 rings (SSSR count). The number of rotatable bonds is 5. The zero-order valence-electron chi connectivity index (χ0n) is 9.52. The summed E-state index contributed by atoms with van der Waals surface area (Å²) in [5.74, 6) is 0.0393. The van der Waals surface area contributed by atoms with Crippen LogP contribution in [-0.2, 0) is 11.2 Å². The van der Waals surface area contributed by atoms with Crippen LogP contribution < -0.4 is 0 Å². The minimum atomic E-state index is 0.0393. The predicted molar refractivity (Wildman–Crippen MR) is 62.6 cm³/mol. The molecule has 0 bridgehead atoms. The Kier molecular flexibility index (Phi) is 5.07. The third-order valence-corrected chi connectivity index (χ3v) is 2.46. The lowest BCUT2D eigenvalue weighted by Gasteiger charge is -2.16. The van der Waals surface area contributed by atoms with E-state index in [1.807, 2.05) is 36.4 Å². The highest BCUT2D eigenvalue weighted by Gasteiger charge is 2.07. The Bertz CT molecular complexity index is 367. The number of nitrogens with zero attached hydrogens (tertiary/aromatic N) is 2. The number of carbonyl (C=O) groups excluding carboxylic acids is 1. The van der Waals surface area contributed by atoms with E-state index < -0.39 is 0 Å². The summed E-state index contributed by atoms with van der Waals surface area (Å²) in [6.45, 7) is 0.703. The van der Waals surface area contributed by atoms with Gasteiger partial charge in [0.1, 0.15) is 0 Å². The molecule has 1 aromatic rings. The lowest BCUT2D eigenvalue weighted by atomic mass is 10.1. The van der Waals surface area contributed by atoms with E-state index in [-0.39, 0.29) is 5.91 Å². The van der Waals surface area contributed by atoms with Crippen molar-refractivity contribution < 1.29 is 4.79 Å². The highest BCUT2D eigenvalue weighted by Crippen LogP contribution is 2.02. The molecule has 1 amide bonds. The van der Waals surface area contributed by atoms with E-state index in [0.29, 0.717) is 19.4 Å². The van der Waals surface area contributed by atoms with E-state index in [0.717, 1.165) is 6.42 Å². The van der Waals surface area contributed by atoms with Gasteiger partial charge in [-0.25, -0.2) is 0 Å². The molecule has 3 heteroatoms. The summed E-state index contributed by atoms with van der Waals surface area (Å²) in [4.78, 5) is 13.2.